The van der Waals surface area contributed by atoms with Crippen molar-refractivity contribution in [2.45, 2.75) is 17.9 Å². The molecule has 1 aromatic rings. The highest BCUT2D eigenvalue weighted by molar-refractivity contribution is 9.08. The van der Waals surface area contributed by atoms with E-state index in [1.165, 1.54) is 0 Å². The number of carbonyl (C=O) groups is 1. The maximum atomic E-state index is 12.7. The summed E-state index contributed by atoms with van der Waals surface area (Å²) in [5.74, 6) is -1.77. The number of rotatable bonds is 3. The average molecular weight is 386 g/mol. The number of nitrogens with zero attached hydrogens (tertiary/aromatic N) is 1. The van der Waals surface area contributed by atoms with Crippen LogP contribution in [-0.4, -0.2) is 16.6 Å². The SMILES string of the molecule is O=C(Cl)c1nc(CBr)cc(C(F)(F)F)c1OC(F)(F)F. The fourth-order valence-corrected chi connectivity index (χ4v) is 1.63. The number of hydrogen-bond acceptors (Lipinski definition) is 3. The zero-order chi connectivity index (χ0) is 15.7. The van der Waals surface area contributed by atoms with Crippen LogP contribution >= 0.6 is 27.5 Å². The van der Waals surface area contributed by atoms with Crippen molar-refractivity contribution in [1.29, 1.82) is 0 Å². The number of hydrogen-bond donors (Lipinski definition) is 0. The van der Waals surface area contributed by atoms with Gasteiger partial charge in [0.15, 0.2) is 11.4 Å². The number of ether oxygens (including phenoxy) is 1. The van der Waals surface area contributed by atoms with Crippen LogP contribution in [-0.2, 0) is 11.5 Å². The fraction of sp³-hybridized carbons (Fsp3) is 0.333. The summed E-state index contributed by atoms with van der Waals surface area (Å²) in [6.45, 7) is 0. The zero-order valence-corrected chi connectivity index (χ0v) is 11.4. The van der Waals surface area contributed by atoms with Crippen LogP contribution < -0.4 is 4.74 Å². The summed E-state index contributed by atoms with van der Waals surface area (Å²) >= 11 is 7.74. The van der Waals surface area contributed by atoms with E-state index in [0.717, 1.165) is 0 Å². The minimum Gasteiger partial charge on any atom is -0.403 e. The van der Waals surface area contributed by atoms with Gasteiger partial charge in [0.1, 0.15) is 5.56 Å². The Labute approximate surface area is 121 Å². The lowest BCUT2D eigenvalue weighted by Gasteiger charge is -2.17. The Morgan fingerprint density at radius 2 is 1.85 bits per heavy atom. The largest absolute Gasteiger partial charge is 0.573 e. The number of halogens is 8. The van der Waals surface area contributed by atoms with E-state index < -0.39 is 34.8 Å². The molecule has 1 heterocycles. The quantitative estimate of drug-likeness (QED) is 0.442. The van der Waals surface area contributed by atoms with E-state index in [0.29, 0.717) is 6.07 Å². The van der Waals surface area contributed by atoms with Gasteiger partial charge in [0, 0.05) is 5.33 Å². The number of pyridine rings is 1. The van der Waals surface area contributed by atoms with Crippen LogP contribution in [0.5, 0.6) is 5.75 Å². The molecule has 0 atom stereocenters. The lowest BCUT2D eigenvalue weighted by molar-refractivity contribution is -0.276. The van der Waals surface area contributed by atoms with Gasteiger partial charge >= 0.3 is 12.5 Å². The molecule has 0 unspecified atom stereocenters. The molecular weight excluding hydrogens is 383 g/mol. The molecule has 0 aromatic carbocycles. The Hall–Kier alpha value is -1.03. The van der Waals surface area contributed by atoms with Crippen LogP contribution in [0.2, 0.25) is 0 Å². The average Bonchev–Trinajstić information content (AvgIpc) is 2.25. The summed E-state index contributed by atoms with van der Waals surface area (Å²) in [7, 11) is 0. The van der Waals surface area contributed by atoms with E-state index >= 15 is 0 Å². The van der Waals surface area contributed by atoms with Gasteiger partial charge in [0.2, 0.25) is 0 Å². The Kier molecular flexibility index (Phi) is 4.90. The van der Waals surface area contributed by atoms with Gasteiger partial charge in [-0.15, -0.1) is 13.2 Å². The molecular formula is C9H3BrClF6NO2. The molecule has 1 rings (SSSR count). The van der Waals surface area contributed by atoms with Crippen molar-refractivity contribution in [1.82, 2.24) is 4.98 Å². The molecule has 0 radical (unpaired) electrons. The van der Waals surface area contributed by atoms with E-state index in [2.05, 4.69) is 25.7 Å². The summed E-state index contributed by atoms with van der Waals surface area (Å²) in [6, 6.07) is 0.332. The van der Waals surface area contributed by atoms with Crippen molar-refractivity contribution in [2.75, 3.05) is 0 Å². The minimum atomic E-state index is -5.43. The molecule has 0 bridgehead atoms. The van der Waals surface area contributed by atoms with Crippen molar-refractivity contribution >= 4 is 32.8 Å². The summed E-state index contributed by atoms with van der Waals surface area (Å²) in [5.41, 5.74) is -3.37. The standard InChI is InChI=1S/C9H3BrClF6NO2/c10-2-3-1-4(8(12,13)14)6(20-9(15,16)17)5(18-3)7(11)19/h1H,2H2. The topological polar surface area (TPSA) is 39.2 Å². The van der Waals surface area contributed by atoms with Gasteiger partial charge in [0.05, 0.1) is 5.69 Å². The molecule has 0 aliphatic carbocycles. The zero-order valence-electron chi connectivity index (χ0n) is 9.07. The van der Waals surface area contributed by atoms with E-state index in [4.69, 9.17) is 11.6 Å². The minimum absolute atomic E-state index is 0.223. The van der Waals surface area contributed by atoms with Crippen LogP contribution in [0.1, 0.15) is 21.7 Å². The van der Waals surface area contributed by atoms with Gasteiger partial charge in [0.25, 0.3) is 5.24 Å². The molecule has 0 aliphatic rings. The maximum Gasteiger partial charge on any atom is 0.573 e. The Morgan fingerprint density at radius 3 is 2.20 bits per heavy atom. The predicted molar refractivity (Wildman–Crippen MR) is 58.7 cm³/mol. The molecule has 0 amide bonds. The predicted octanol–water partition coefficient (Wildman–Crippen LogP) is 4.27. The second kappa shape index (κ2) is 5.76. The molecule has 0 spiro atoms. The van der Waals surface area contributed by atoms with Crippen molar-refractivity contribution in [3.8, 4) is 5.75 Å². The third-order valence-corrected chi connectivity index (χ3v) is 2.63. The van der Waals surface area contributed by atoms with Crippen molar-refractivity contribution in [3.05, 3.63) is 23.0 Å². The Morgan fingerprint density at radius 1 is 1.30 bits per heavy atom. The van der Waals surface area contributed by atoms with Crippen LogP contribution in [0.25, 0.3) is 0 Å². The highest BCUT2D eigenvalue weighted by Gasteiger charge is 2.42. The van der Waals surface area contributed by atoms with Crippen molar-refractivity contribution < 1.29 is 35.9 Å². The van der Waals surface area contributed by atoms with E-state index in [1.807, 2.05) is 0 Å². The molecule has 20 heavy (non-hydrogen) atoms. The van der Waals surface area contributed by atoms with E-state index in [1.54, 1.807) is 0 Å². The summed E-state index contributed by atoms with van der Waals surface area (Å²) in [4.78, 5) is 14.3. The van der Waals surface area contributed by atoms with Gasteiger partial charge in [-0.25, -0.2) is 4.98 Å². The molecule has 0 fully saturated rings. The lowest BCUT2D eigenvalue weighted by Crippen LogP contribution is -2.23. The first kappa shape index (κ1) is 17.0. The third-order valence-electron chi connectivity index (χ3n) is 1.87. The van der Waals surface area contributed by atoms with Crippen LogP contribution in [0.4, 0.5) is 26.3 Å². The van der Waals surface area contributed by atoms with Gasteiger partial charge < -0.3 is 4.74 Å². The van der Waals surface area contributed by atoms with Crippen molar-refractivity contribution in [2.24, 2.45) is 0 Å². The first-order valence-corrected chi connectivity index (χ1v) is 6.08. The highest BCUT2D eigenvalue weighted by atomic mass is 79.9. The van der Waals surface area contributed by atoms with Gasteiger partial charge in [-0.05, 0) is 17.7 Å². The molecule has 1 aromatic heterocycles. The Balaban J connectivity index is 3.61. The van der Waals surface area contributed by atoms with Gasteiger partial charge in [-0.1, -0.05) is 15.9 Å². The second-order valence-corrected chi connectivity index (χ2v) is 4.20. The lowest BCUT2D eigenvalue weighted by atomic mass is 10.1. The van der Waals surface area contributed by atoms with Crippen molar-refractivity contribution in [3.63, 3.8) is 0 Å². The number of alkyl halides is 7. The van der Waals surface area contributed by atoms with E-state index in [-0.39, 0.29) is 11.0 Å². The molecule has 0 saturated carbocycles. The first-order chi connectivity index (χ1) is 8.95. The molecule has 0 aliphatic heterocycles. The Bertz CT molecular complexity index is 530. The molecule has 11 heteroatoms. The third kappa shape index (κ3) is 4.23. The van der Waals surface area contributed by atoms with Gasteiger partial charge in [-0.2, -0.15) is 13.2 Å². The molecule has 112 valence electrons. The first-order valence-electron chi connectivity index (χ1n) is 4.58. The summed E-state index contributed by atoms with van der Waals surface area (Å²) in [6.07, 6.45) is -10.6. The molecule has 0 N–H and O–H groups in total. The normalized spacial score (nSPS) is 12.4. The summed E-state index contributed by atoms with van der Waals surface area (Å²) in [5, 5.41) is -1.82. The van der Waals surface area contributed by atoms with Crippen LogP contribution in [0.15, 0.2) is 6.07 Å². The number of aromatic nitrogens is 1. The maximum absolute atomic E-state index is 12.7. The highest BCUT2D eigenvalue weighted by Crippen LogP contribution is 2.41. The monoisotopic (exact) mass is 385 g/mol. The molecule has 0 saturated heterocycles. The van der Waals surface area contributed by atoms with Gasteiger partial charge in [-0.3, -0.25) is 4.79 Å². The van der Waals surface area contributed by atoms with E-state index in [9.17, 15) is 31.1 Å². The number of carbonyl (C=O) groups excluding carboxylic acids is 1. The van der Waals surface area contributed by atoms with Crippen LogP contribution in [0, 0.1) is 0 Å². The second-order valence-electron chi connectivity index (χ2n) is 3.29. The summed E-state index contributed by atoms with van der Waals surface area (Å²) < 4.78 is 77.9. The van der Waals surface area contributed by atoms with Crippen LogP contribution in [0.3, 0.4) is 0 Å². The smallest absolute Gasteiger partial charge is 0.403 e. The fourth-order valence-electron chi connectivity index (χ4n) is 1.22. The molecule has 3 nitrogen and oxygen atoms in total.